The number of carbonyl (C=O) groups is 5. The maximum atomic E-state index is 12.7. The van der Waals surface area contributed by atoms with Gasteiger partial charge in [0, 0.05) is 11.6 Å². The number of carboxylic acids is 1. The van der Waals surface area contributed by atoms with Crippen LogP contribution in [-0.4, -0.2) is 109 Å². The Kier molecular flexibility index (Phi) is 29.4. The van der Waals surface area contributed by atoms with E-state index in [0.29, 0.717) is 5.56 Å². The molecule has 0 bridgehead atoms. The van der Waals surface area contributed by atoms with E-state index in [1.165, 1.54) is 12.1 Å². The van der Waals surface area contributed by atoms with Crippen LogP contribution in [0.5, 0.6) is 0 Å². The molecule has 0 saturated heterocycles. The number of nitrogens with one attached hydrogen (secondary N) is 2. The van der Waals surface area contributed by atoms with Gasteiger partial charge in [0.1, 0.15) is 24.7 Å². The number of benzene rings is 2. The third-order valence-electron chi connectivity index (χ3n) is 9.13. The summed E-state index contributed by atoms with van der Waals surface area (Å²) in [4.78, 5) is 57.0. The number of alkyl carbamates (subject to hydrolysis) is 1. The van der Waals surface area contributed by atoms with Gasteiger partial charge >= 0.3 is 48.7 Å². The lowest BCUT2D eigenvalue weighted by atomic mass is 10.0. The molecule has 0 saturated carbocycles. The van der Waals surface area contributed by atoms with Crippen LogP contribution in [0.25, 0.3) is 0 Å². The Morgan fingerprint density at radius 1 is 0.603 bits per heavy atom. The van der Waals surface area contributed by atoms with Crippen molar-refractivity contribution in [3.8, 4) is 0 Å². The van der Waals surface area contributed by atoms with Crippen molar-refractivity contribution in [3.63, 3.8) is 0 Å². The highest BCUT2D eigenvalue weighted by atomic mass is 19.4. The maximum absolute atomic E-state index is 12.7. The second kappa shape index (κ2) is 30.9. The number of alkyl halides is 12. The minimum Gasteiger partial charge on any atom is -0.480 e. The number of hydrogen-bond donors (Lipinski definition) is 6. The number of halogens is 12. The number of nitrogens with two attached hydrogens (primary N) is 2. The molecule has 0 spiro atoms. The zero-order valence-electron chi connectivity index (χ0n) is 37.7. The normalized spacial score (nSPS) is 15.1. The van der Waals surface area contributed by atoms with Crippen LogP contribution in [0, 0.1) is 23.7 Å². The molecular weight excluding hydrogens is 948 g/mol. The number of esters is 2. The highest BCUT2D eigenvalue weighted by molar-refractivity contribution is 5.96. The number of rotatable bonds is 18. The number of aliphatic hydroxyl groups is 1. The number of hydrogen-bond acceptors (Lipinski definition) is 11. The second-order valence-electron chi connectivity index (χ2n) is 15.0. The molecule has 2 rings (SSSR count). The van der Waals surface area contributed by atoms with Crippen LogP contribution in [0.15, 0.2) is 60.7 Å². The van der Waals surface area contributed by atoms with Gasteiger partial charge in [-0.15, -0.1) is 0 Å². The molecule has 0 heterocycles. The van der Waals surface area contributed by atoms with Crippen molar-refractivity contribution >= 4 is 29.9 Å². The number of aliphatic carboxylic acids is 1. The van der Waals surface area contributed by atoms with E-state index in [-0.39, 0.29) is 25.2 Å². The fourth-order valence-corrected chi connectivity index (χ4v) is 4.80. The summed E-state index contributed by atoms with van der Waals surface area (Å²) >= 11 is 0. The number of aliphatic hydroxyl groups excluding tert-OH is 1. The molecule has 14 nitrogen and oxygen atoms in total. The molecule has 2 amide bonds. The van der Waals surface area contributed by atoms with Gasteiger partial charge in [0.15, 0.2) is 0 Å². The average Bonchev–Trinajstić information content (AvgIpc) is 3.24. The van der Waals surface area contributed by atoms with Gasteiger partial charge in [0.2, 0.25) is 0 Å². The highest BCUT2D eigenvalue weighted by Gasteiger charge is 2.41. The van der Waals surface area contributed by atoms with Crippen LogP contribution in [0.1, 0.15) is 76.2 Å². The van der Waals surface area contributed by atoms with Gasteiger partial charge in [-0.05, 0) is 50.3 Å². The van der Waals surface area contributed by atoms with E-state index in [0.717, 1.165) is 34.8 Å². The van der Waals surface area contributed by atoms with E-state index in [1.54, 1.807) is 55.5 Å². The summed E-state index contributed by atoms with van der Waals surface area (Å²) in [6, 6.07) is 11.7. The Morgan fingerprint density at radius 3 is 1.38 bits per heavy atom. The van der Waals surface area contributed by atoms with Gasteiger partial charge in [-0.3, -0.25) is 9.59 Å². The lowest BCUT2D eigenvalue weighted by Gasteiger charge is -2.22. The first-order valence-corrected chi connectivity index (χ1v) is 20.3. The Balaban J connectivity index is 0. The number of amides is 2. The van der Waals surface area contributed by atoms with Gasteiger partial charge in [-0.1, -0.05) is 76.2 Å². The van der Waals surface area contributed by atoms with Gasteiger partial charge in [0.25, 0.3) is 5.91 Å². The van der Waals surface area contributed by atoms with Crippen molar-refractivity contribution in [3.05, 3.63) is 71.8 Å². The molecule has 8 atom stereocenters. The molecule has 26 heteroatoms. The number of ether oxygens (including phenoxy) is 3. The summed E-state index contributed by atoms with van der Waals surface area (Å²) in [5.74, 6) is -10.5. The van der Waals surface area contributed by atoms with E-state index in [1.807, 2.05) is 0 Å². The SMILES string of the molecule is CC(CC(N)C(=O)O)C(F)(F)F.CCOC(=O)C(CC(C)C(F)(F)F)NC(=O)c1ccccc1.COC(=O)[C@H](C[C@H](C)C(F)(F)F)NC(=O)OCc1ccccc1.C[C@@H](C[C@H](N)CO)C(F)(F)F. The van der Waals surface area contributed by atoms with Crippen LogP contribution in [0.2, 0.25) is 0 Å². The van der Waals surface area contributed by atoms with Crippen molar-refractivity contribution in [1.29, 1.82) is 0 Å². The van der Waals surface area contributed by atoms with Crippen molar-refractivity contribution in [2.45, 2.75) is 116 Å². The van der Waals surface area contributed by atoms with Gasteiger partial charge < -0.3 is 46.5 Å². The van der Waals surface area contributed by atoms with E-state index >= 15 is 0 Å². The number of carbonyl (C=O) groups excluding carboxylic acids is 4. The van der Waals surface area contributed by atoms with Crippen LogP contribution in [0.3, 0.4) is 0 Å². The molecule has 0 radical (unpaired) electrons. The molecule has 0 fully saturated rings. The average molecular weight is 1010 g/mol. The molecular formula is C42H58F12N4O10. The van der Waals surface area contributed by atoms with Crippen LogP contribution in [0.4, 0.5) is 57.5 Å². The number of carboxylic acid groups (broad SMARTS) is 1. The third kappa shape index (κ3) is 28.7. The summed E-state index contributed by atoms with van der Waals surface area (Å²) < 4.78 is 161. The van der Waals surface area contributed by atoms with E-state index in [2.05, 4.69) is 15.4 Å². The quantitative estimate of drug-likeness (QED) is 0.0477. The monoisotopic (exact) mass is 1010 g/mol. The molecule has 0 aliphatic carbocycles. The molecule has 68 heavy (non-hydrogen) atoms. The van der Waals surface area contributed by atoms with Gasteiger partial charge in [0.05, 0.1) is 44.0 Å². The molecule has 0 aliphatic heterocycles. The van der Waals surface area contributed by atoms with Crippen molar-refractivity contribution in [1.82, 2.24) is 10.6 Å². The molecule has 2 aromatic carbocycles. The second-order valence-corrected chi connectivity index (χ2v) is 15.0. The highest BCUT2D eigenvalue weighted by Crippen LogP contribution is 2.32. The fourth-order valence-electron chi connectivity index (χ4n) is 4.80. The lowest BCUT2D eigenvalue weighted by Crippen LogP contribution is -2.44. The third-order valence-corrected chi connectivity index (χ3v) is 9.13. The van der Waals surface area contributed by atoms with Crippen molar-refractivity contribution < 1.29 is 101 Å². The molecule has 2 aromatic rings. The smallest absolute Gasteiger partial charge is 0.408 e. The summed E-state index contributed by atoms with van der Waals surface area (Å²) in [7, 11) is 1.03. The van der Waals surface area contributed by atoms with Crippen LogP contribution in [-0.2, 0) is 35.2 Å². The van der Waals surface area contributed by atoms with Crippen molar-refractivity contribution in [2.24, 2.45) is 35.1 Å². The minimum absolute atomic E-state index is 0.0247. The Morgan fingerprint density at radius 2 is 1.00 bits per heavy atom. The van der Waals surface area contributed by atoms with Crippen molar-refractivity contribution in [2.75, 3.05) is 20.3 Å². The fraction of sp³-hybridized carbons (Fsp3) is 0.595. The summed E-state index contributed by atoms with van der Waals surface area (Å²) in [5, 5.41) is 21.0. The topological polar surface area (TPSA) is 230 Å². The zero-order valence-corrected chi connectivity index (χ0v) is 37.7. The van der Waals surface area contributed by atoms with Crippen LogP contribution >= 0.6 is 0 Å². The van der Waals surface area contributed by atoms with Gasteiger partial charge in [-0.2, -0.15) is 52.7 Å². The molecule has 4 unspecified atom stereocenters. The standard InChI is InChI=1S/C15H18F3NO4.C15H18F3NO3.C6H10F3NO2.C6H12F3NO/c1-10(15(16,17)18)8-12(13(20)22-2)19-14(21)23-9-11-6-4-3-5-7-11;1-3-22-14(21)12(9-10(2)15(16,17)18)19-13(20)11-7-5-4-6-8-11;1-3(6(7,8)9)2-4(10)5(11)12;1-4(6(7,8)9)2-5(10)3-11/h3-7,10,12H,8-9H2,1-2H3,(H,19,21);4-8,10,12H,3,9H2,1-2H3,(H,19,20);3-4H,2,10H2,1H3,(H,11,12);4-5,11H,2-3,10H2,1H3/t10-,12-;;;4-,5-/m0..0/s1. The maximum Gasteiger partial charge on any atom is 0.408 e. The van der Waals surface area contributed by atoms with Gasteiger partial charge in [-0.25, -0.2) is 14.4 Å². The summed E-state index contributed by atoms with van der Waals surface area (Å²) in [6.07, 6.45) is -20.5. The predicted octanol–water partition coefficient (Wildman–Crippen LogP) is 7.86. The predicted molar refractivity (Wildman–Crippen MR) is 220 cm³/mol. The first-order valence-electron chi connectivity index (χ1n) is 20.3. The summed E-state index contributed by atoms with van der Waals surface area (Å²) in [5.41, 5.74) is 11.0. The molecule has 0 aromatic heterocycles. The largest absolute Gasteiger partial charge is 0.480 e. The summed E-state index contributed by atoms with van der Waals surface area (Å²) in [6.45, 7) is 4.94. The van der Waals surface area contributed by atoms with Crippen LogP contribution < -0.4 is 22.1 Å². The van der Waals surface area contributed by atoms with E-state index < -0.39 is 128 Å². The first kappa shape index (κ1) is 64.7. The molecule has 8 N–H and O–H groups in total. The number of methoxy groups -OCH3 is 1. The lowest BCUT2D eigenvalue weighted by molar-refractivity contribution is -0.176. The Labute approximate surface area is 384 Å². The molecule has 390 valence electrons. The first-order chi connectivity index (χ1) is 31.1. The minimum atomic E-state index is -4.47. The Hall–Kier alpha value is -5.37. The Bertz CT molecular complexity index is 1770. The molecule has 0 aliphatic rings. The zero-order chi connectivity index (χ0) is 53.2. The van der Waals surface area contributed by atoms with E-state index in [9.17, 15) is 76.7 Å². The van der Waals surface area contributed by atoms with E-state index in [4.69, 9.17) is 31.2 Å².